The number of rotatable bonds is 3. The van der Waals surface area contributed by atoms with Crippen LogP contribution in [0.5, 0.6) is 0 Å². The predicted molar refractivity (Wildman–Crippen MR) is 112 cm³/mol. The number of amides is 1. The van der Waals surface area contributed by atoms with Crippen LogP contribution in [-0.4, -0.2) is 46.8 Å². The molecule has 5 unspecified atom stereocenters. The Hall–Kier alpha value is -1.37. The summed E-state index contributed by atoms with van der Waals surface area (Å²) in [6.45, 7) is 1.17. The summed E-state index contributed by atoms with van der Waals surface area (Å²) in [5.41, 5.74) is 1.34. The molecule has 0 radical (unpaired) electrons. The van der Waals surface area contributed by atoms with Crippen LogP contribution in [0.3, 0.4) is 0 Å². The lowest BCUT2D eigenvalue weighted by atomic mass is 9.77. The van der Waals surface area contributed by atoms with Gasteiger partial charge in [0, 0.05) is 23.0 Å². The Kier molecular flexibility index (Phi) is 5.21. The van der Waals surface area contributed by atoms with Gasteiger partial charge in [-0.1, -0.05) is 39.7 Å². The molecule has 5 nitrogen and oxygen atoms in total. The van der Waals surface area contributed by atoms with Crippen LogP contribution < -0.4 is 0 Å². The zero-order valence-corrected chi connectivity index (χ0v) is 18.3. The average Bonchev–Trinajstić information content (AvgIpc) is 3.31. The molecule has 7 heteroatoms. The monoisotopic (exact) mass is 479 g/mol. The second-order valence-corrected chi connectivity index (χ2v) is 10.1. The lowest BCUT2D eigenvalue weighted by molar-refractivity contribution is -0.136. The highest BCUT2D eigenvalue weighted by Crippen LogP contribution is 2.48. The number of nitrogens with zero attached hydrogens (tertiary/aromatic N) is 1. The fourth-order valence-electron chi connectivity index (χ4n) is 5.08. The largest absolute Gasteiger partial charge is 0.483 e. The van der Waals surface area contributed by atoms with E-state index in [1.165, 1.54) is 0 Å². The predicted octanol–water partition coefficient (Wildman–Crippen LogP) is 4.19. The Bertz CT molecular complexity index is 881. The van der Waals surface area contributed by atoms with Crippen molar-refractivity contribution in [3.8, 4) is 0 Å². The van der Waals surface area contributed by atoms with Gasteiger partial charge in [0.2, 0.25) is 0 Å². The van der Waals surface area contributed by atoms with E-state index in [0.717, 1.165) is 37.7 Å². The molecular formula is C22H23BrClNO4. The Morgan fingerprint density at radius 1 is 1.21 bits per heavy atom. The molecule has 154 valence electrons. The van der Waals surface area contributed by atoms with Gasteiger partial charge < -0.3 is 14.4 Å². The van der Waals surface area contributed by atoms with Crippen LogP contribution in [0.2, 0.25) is 5.02 Å². The standard InChI is InChI=1S/C22H23BrClNO4/c23-13-6-7-17-16(10-13)20(26)18-19(12-3-1-4-14(24)9-12)25(22(27)21(18)29-17)11-15-5-2-8-28-15/h1,3-4,9,13,15-17,19H,2,5-8,10-11H2. The van der Waals surface area contributed by atoms with Crippen LogP contribution in [0.4, 0.5) is 0 Å². The van der Waals surface area contributed by atoms with Crippen LogP contribution >= 0.6 is 27.5 Å². The number of benzene rings is 1. The molecule has 3 heterocycles. The topological polar surface area (TPSA) is 55.8 Å². The van der Waals surface area contributed by atoms with Crippen LogP contribution in [0.1, 0.15) is 43.7 Å². The zero-order chi connectivity index (χ0) is 20.1. The van der Waals surface area contributed by atoms with E-state index in [0.29, 0.717) is 28.6 Å². The van der Waals surface area contributed by atoms with E-state index in [1.807, 2.05) is 18.2 Å². The lowest BCUT2D eigenvalue weighted by Gasteiger charge is -2.37. The minimum Gasteiger partial charge on any atom is -0.483 e. The quantitative estimate of drug-likeness (QED) is 0.609. The summed E-state index contributed by atoms with van der Waals surface area (Å²) in [6, 6.07) is 6.95. The third kappa shape index (κ3) is 3.43. The van der Waals surface area contributed by atoms with Gasteiger partial charge >= 0.3 is 0 Å². The maximum absolute atomic E-state index is 13.6. The molecule has 5 atom stereocenters. The highest BCUT2D eigenvalue weighted by Gasteiger charge is 2.53. The molecule has 29 heavy (non-hydrogen) atoms. The summed E-state index contributed by atoms with van der Waals surface area (Å²) in [7, 11) is 0. The first-order valence-corrected chi connectivity index (χ1v) is 11.6. The third-order valence-electron chi connectivity index (χ3n) is 6.47. The number of ketones is 1. The van der Waals surface area contributed by atoms with Crippen molar-refractivity contribution in [2.45, 2.75) is 55.2 Å². The molecule has 0 spiro atoms. The lowest BCUT2D eigenvalue weighted by Crippen LogP contribution is -2.41. The molecule has 2 fully saturated rings. The molecule has 0 aromatic heterocycles. The minimum atomic E-state index is -0.468. The van der Waals surface area contributed by atoms with E-state index in [-0.39, 0.29) is 35.6 Å². The van der Waals surface area contributed by atoms with Gasteiger partial charge in [-0.3, -0.25) is 9.59 Å². The van der Waals surface area contributed by atoms with Gasteiger partial charge in [0.25, 0.3) is 5.91 Å². The number of carbonyl (C=O) groups is 2. The first-order valence-electron chi connectivity index (χ1n) is 10.3. The van der Waals surface area contributed by atoms with Crippen molar-refractivity contribution < 1.29 is 19.1 Å². The molecular weight excluding hydrogens is 458 g/mol. The summed E-state index contributed by atoms with van der Waals surface area (Å²) in [5.74, 6) is -0.113. The fourth-order valence-corrected chi connectivity index (χ4v) is 5.95. The highest BCUT2D eigenvalue weighted by atomic mass is 79.9. The SMILES string of the molecule is O=C1C2=C(OC3CCC(Br)CC13)C(=O)N(CC1CCCO1)C2c1cccc(Cl)c1. The molecule has 1 aromatic carbocycles. The number of ether oxygens (including phenoxy) is 2. The summed E-state index contributed by atoms with van der Waals surface area (Å²) >= 11 is 9.92. The summed E-state index contributed by atoms with van der Waals surface area (Å²) in [4.78, 5) is 29.0. The molecule has 1 saturated heterocycles. The maximum Gasteiger partial charge on any atom is 0.290 e. The molecule has 1 saturated carbocycles. The number of hydrogen-bond donors (Lipinski definition) is 0. The van der Waals surface area contributed by atoms with E-state index in [4.69, 9.17) is 21.1 Å². The number of halogens is 2. The van der Waals surface area contributed by atoms with Gasteiger partial charge in [-0.15, -0.1) is 0 Å². The van der Waals surface area contributed by atoms with Crippen molar-refractivity contribution in [1.82, 2.24) is 4.90 Å². The van der Waals surface area contributed by atoms with Crippen molar-refractivity contribution in [1.29, 1.82) is 0 Å². The van der Waals surface area contributed by atoms with E-state index in [2.05, 4.69) is 15.9 Å². The second kappa shape index (κ2) is 7.71. The first kappa shape index (κ1) is 19.6. The summed E-state index contributed by atoms with van der Waals surface area (Å²) in [6.07, 6.45) is 4.17. The molecule has 1 amide bonds. The third-order valence-corrected chi connectivity index (χ3v) is 7.53. The molecule has 4 aliphatic rings. The summed E-state index contributed by atoms with van der Waals surface area (Å²) in [5, 5.41) is 0.585. The van der Waals surface area contributed by atoms with Crippen molar-refractivity contribution in [2.24, 2.45) is 5.92 Å². The number of Topliss-reactive ketones (excluding diaryl/α,β-unsaturated/α-hetero) is 1. The van der Waals surface area contributed by atoms with Crippen LogP contribution in [-0.2, 0) is 19.1 Å². The normalized spacial score (nSPS) is 34.3. The van der Waals surface area contributed by atoms with E-state index in [9.17, 15) is 9.59 Å². The van der Waals surface area contributed by atoms with Gasteiger partial charge in [-0.2, -0.15) is 0 Å². The van der Waals surface area contributed by atoms with Gasteiger partial charge in [-0.25, -0.2) is 0 Å². The molecule has 5 rings (SSSR count). The number of fused-ring (bicyclic) bond motifs is 1. The van der Waals surface area contributed by atoms with E-state index < -0.39 is 6.04 Å². The Morgan fingerprint density at radius 2 is 2.07 bits per heavy atom. The van der Waals surface area contributed by atoms with Gasteiger partial charge in [0.1, 0.15) is 6.10 Å². The second-order valence-electron chi connectivity index (χ2n) is 8.33. The Labute approximate surface area is 183 Å². The van der Waals surface area contributed by atoms with Crippen molar-refractivity contribution >= 4 is 39.2 Å². The van der Waals surface area contributed by atoms with E-state index >= 15 is 0 Å². The highest BCUT2D eigenvalue weighted by molar-refractivity contribution is 9.09. The average molecular weight is 481 g/mol. The van der Waals surface area contributed by atoms with Crippen molar-refractivity contribution in [3.63, 3.8) is 0 Å². The van der Waals surface area contributed by atoms with Crippen LogP contribution in [0.25, 0.3) is 0 Å². The molecule has 0 bridgehead atoms. The molecule has 0 N–H and O–H groups in total. The van der Waals surface area contributed by atoms with Crippen molar-refractivity contribution in [2.75, 3.05) is 13.2 Å². The zero-order valence-electron chi connectivity index (χ0n) is 16.0. The molecule has 1 aliphatic carbocycles. The van der Waals surface area contributed by atoms with Crippen LogP contribution in [0.15, 0.2) is 35.6 Å². The number of carbonyl (C=O) groups excluding carboxylic acids is 2. The Balaban J connectivity index is 1.55. The minimum absolute atomic E-state index is 0.00807. The van der Waals surface area contributed by atoms with E-state index in [1.54, 1.807) is 11.0 Å². The van der Waals surface area contributed by atoms with Gasteiger partial charge in [0.15, 0.2) is 11.5 Å². The smallest absolute Gasteiger partial charge is 0.290 e. The molecule has 1 aromatic rings. The Morgan fingerprint density at radius 3 is 2.83 bits per heavy atom. The summed E-state index contributed by atoms with van der Waals surface area (Å²) < 4.78 is 12.0. The van der Waals surface area contributed by atoms with Gasteiger partial charge in [0.05, 0.1) is 23.6 Å². The first-order chi connectivity index (χ1) is 14.0. The van der Waals surface area contributed by atoms with Crippen molar-refractivity contribution in [3.05, 3.63) is 46.2 Å². The maximum atomic E-state index is 13.6. The van der Waals surface area contributed by atoms with Gasteiger partial charge in [-0.05, 0) is 49.8 Å². The molecule has 3 aliphatic heterocycles. The van der Waals surface area contributed by atoms with Crippen LogP contribution in [0, 0.1) is 5.92 Å². The fraction of sp³-hybridized carbons (Fsp3) is 0.545. The number of hydrogen-bond acceptors (Lipinski definition) is 4. The number of alkyl halides is 1.